The number of morpholine rings is 1. The van der Waals surface area contributed by atoms with Crippen molar-refractivity contribution in [2.75, 3.05) is 26.3 Å². The van der Waals surface area contributed by atoms with Gasteiger partial charge in [-0.15, -0.1) is 17.7 Å². The summed E-state index contributed by atoms with van der Waals surface area (Å²) in [6.45, 7) is 4.37. The number of hydrogen-bond donors (Lipinski definition) is 0. The van der Waals surface area contributed by atoms with Crippen molar-refractivity contribution in [2.24, 2.45) is 0 Å². The molecule has 2 rings (SSSR count). The number of benzene rings is 1. The maximum atomic E-state index is 12.6. The molecule has 1 heterocycles. The fourth-order valence-corrected chi connectivity index (χ4v) is 1.55. The molecule has 0 unspecified atom stereocenters. The molecule has 15 heavy (non-hydrogen) atoms. The SMILES string of the molecule is Fc1[c-]cc(CN2CCOCC2)cc1.[Y+3]. The second kappa shape index (κ2) is 6.69. The first-order valence-electron chi connectivity index (χ1n) is 4.81. The van der Waals surface area contributed by atoms with Gasteiger partial charge < -0.3 is 9.64 Å². The zero-order valence-electron chi connectivity index (χ0n) is 8.58. The minimum Gasteiger partial charge on any atom is -0.379 e. The summed E-state index contributed by atoms with van der Waals surface area (Å²) in [5.74, 6) is -0.296. The van der Waals surface area contributed by atoms with E-state index in [9.17, 15) is 4.39 Å². The first-order chi connectivity index (χ1) is 6.84. The number of ether oxygens (including phenoxy) is 1. The summed E-state index contributed by atoms with van der Waals surface area (Å²) in [6.07, 6.45) is 0. The van der Waals surface area contributed by atoms with Gasteiger partial charge in [-0.05, 0) is 6.54 Å². The summed E-state index contributed by atoms with van der Waals surface area (Å²) < 4.78 is 17.8. The topological polar surface area (TPSA) is 12.5 Å². The van der Waals surface area contributed by atoms with Gasteiger partial charge in [0, 0.05) is 18.9 Å². The molecule has 1 aromatic carbocycles. The second-order valence-electron chi connectivity index (χ2n) is 3.43. The molecule has 2 nitrogen and oxygen atoms in total. The van der Waals surface area contributed by atoms with Crippen molar-refractivity contribution in [1.82, 2.24) is 4.90 Å². The van der Waals surface area contributed by atoms with Crippen LogP contribution in [0.4, 0.5) is 4.39 Å². The van der Waals surface area contributed by atoms with E-state index >= 15 is 0 Å². The van der Waals surface area contributed by atoms with Gasteiger partial charge in [-0.1, -0.05) is 0 Å². The minimum atomic E-state index is -0.296. The van der Waals surface area contributed by atoms with Gasteiger partial charge in [0.25, 0.3) is 0 Å². The van der Waals surface area contributed by atoms with E-state index in [2.05, 4.69) is 11.0 Å². The van der Waals surface area contributed by atoms with Crippen LogP contribution in [0.25, 0.3) is 0 Å². The average molecular weight is 283 g/mol. The van der Waals surface area contributed by atoms with Gasteiger partial charge in [0.05, 0.1) is 13.2 Å². The van der Waals surface area contributed by atoms with Crippen LogP contribution in [-0.2, 0) is 44.0 Å². The Morgan fingerprint density at radius 2 is 2.07 bits per heavy atom. The van der Waals surface area contributed by atoms with Crippen LogP contribution in [0.15, 0.2) is 18.2 Å². The van der Waals surface area contributed by atoms with Crippen LogP contribution in [0.5, 0.6) is 0 Å². The van der Waals surface area contributed by atoms with E-state index in [0.717, 1.165) is 38.4 Å². The third-order valence-electron chi connectivity index (χ3n) is 2.35. The first kappa shape index (κ1) is 13.2. The van der Waals surface area contributed by atoms with Crippen LogP contribution in [0.1, 0.15) is 5.56 Å². The number of hydrogen-bond acceptors (Lipinski definition) is 2. The van der Waals surface area contributed by atoms with Crippen molar-refractivity contribution in [1.29, 1.82) is 0 Å². The molecule has 76 valence electrons. The molecular formula is C11H13FNOY+2. The molecule has 1 aliphatic rings. The van der Waals surface area contributed by atoms with Gasteiger partial charge in [0.2, 0.25) is 0 Å². The average Bonchev–Trinajstić information content (AvgIpc) is 2.23. The normalized spacial score (nSPS) is 17.1. The van der Waals surface area contributed by atoms with E-state index < -0.39 is 0 Å². The summed E-state index contributed by atoms with van der Waals surface area (Å²) in [6, 6.07) is 7.54. The number of halogens is 1. The third kappa shape index (κ3) is 4.27. The summed E-state index contributed by atoms with van der Waals surface area (Å²) in [5.41, 5.74) is 1.10. The maximum Gasteiger partial charge on any atom is 3.00 e. The van der Waals surface area contributed by atoms with Gasteiger partial charge in [-0.25, -0.2) is 4.39 Å². The second-order valence-corrected chi connectivity index (χ2v) is 3.43. The van der Waals surface area contributed by atoms with Gasteiger partial charge in [0.1, 0.15) is 0 Å². The molecule has 0 aliphatic carbocycles. The number of rotatable bonds is 2. The Labute approximate surface area is 115 Å². The van der Waals surface area contributed by atoms with E-state index in [0.29, 0.717) is 0 Å². The molecular weight excluding hydrogens is 270 g/mol. The maximum absolute atomic E-state index is 12.6. The molecule has 1 aliphatic heterocycles. The molecule has 4 heteroatoms. The fourth-order valence-electron chi connectivity index (χ4n) is 1.55. The van der Waals surface area contributed by atoms with Crippen LogP contribution in [0.2, 0.25) is 0 Å². The van der Waals surface area contributed by atoms with E-state index in [1.54, 1.807) is 12.1 Å². The van der Waals surface area contributed by atoms with Crippen LogP contribution < -0.4 is 0 Å². The van der Waals surface area contributed by atoms with Gasteiger partial charge >= 0.3 is 32.7 Å². The summed E-state index contributed by atoms with van der Waals surface area (Å²) in [7, 11) is 0. The predicted octanol–water partition coefficient (Wildman–Crippen LogP) is 1.46. The number of nitrogens with zero attached hydrogens (tertiary/aromatic N) is 1. The Kier molecular flexibility index (Phi) is 5.91. The van der Waals surface area contributed by atoms with Gasteiger partial charge in [-0.2, -0.15) is 12.1 Å². The predicted molar refractivity (Wildman–Crippen MR) is 51.3 cm³/mol. The monoisotopic (exact) mass is 283 g/mol. The van der Waals surface area contributed by atoms with E-state index in [1.165, 1.54) is 6.07 Å². The largest absolute Gasteiger partial charge is 3.00 e. The van der Waals surface area contributed by atoms with Crippen LogP contribution >= 0.6 is 0 Å². The molecule has 0 amide bonds. The quantitative estimate of drug-likeness (QED) is 0.762. The van der Waals surface area contributed by atoms with Crippen molar-refractivity contribution >= 4 is 0 Å². The molecule has 0 bridgehead atoms. The van der Waals surface area contributed by atoms with Crippen molar-refractivity contribution in [3.05, 3.63) is 35.6 Å². The Balaban J connectivity index is 0.00000112. The van der Waals surface area contributed by atoms with Crippen LogP contribution in [-0.4, -0.2) is 31.2 Å². The zero-order valence-corrected chi connectivity index (χ0v) is 11.4. The molecule has 0 radical (unpaired) electrons. The molecule has 0 spiro atoms. The molecule has 1 fully saturated rings. The van der Waals surface area contributed by atoms with Gasteiger partial charge in [-0.3, -0.25) is 0 Å². The summed E-state index contributed by atoms with van der Waals surface area (Å²) >= 11 is 0. The Bertz CT molecular complexity index is 285. The van der Waals surface area contributed by atoms with Crippen LogP contribution in [0, 0.1) is 11.9 Å². The summed E-state index contributed by atoms with van der Waals surface area (Å²) in [5, 5.41) is 0. The van der Waals surface area contributed by atoms with Gasteiger partial charge in [0.15, 0.2) is 0 Å². The van der Waals surface area contributed by atoms with Crippen molar-refractivity contribution in [3.63, 3.8) is 0 Å². The van der Waals surface area contributed by atoms with E-state index in [-0.39, 0.29) is 38.5 Å². The molecule has 0 atom stereocenters. The standard InChI is InChI=1S/C11H13FNO.Y/c12-11-3-1-10(2-4-11)9-13-5-7-14-8-6-13;/h1-3H,5-9H2;/q-1;+3. The molecule has 1 saturated heterocycles. The zero-order chi connectivity index (χ0) is 9.80. The molecule has 0 N–H and O–H groups in total. The minimum absolute atomic E-state index is 0. The van der Waals surface area contributed by atoms with E-state index in [4.69, 9.17) is 4.74 Å². The van der Waals surface area contributed by atoms with Crippen molar-refractivity contribution in [2.45, 2.75) is 6.54 Å². The first-order valence-corrected chi connectivity index (χ1v) is 4.81. The molecule has 0 aromatic heterocycles. The molecule has 0 saturated carbocycles. The van der Waals surface area contributed by atoms with Crippen molar-refractivity contribution in [3.8, 4) is 0 Å². The Hall–Kier alpha value is 0.174. The van der Waals surface area contributed by atoms with Crippen LogP contribution in [0.3, 0.4) is 0 Å². The summed E-state index contributed by atoms with van der Waals surface area (Å²) in [4.78, 5) is 2.30. The third-order valence-corrected chi connectivity index (χ3v) is 2.35. The van der Waals surface area contributed by atoms with Crippen molar-refractivity contribution < 1.29 is 41.8 Å². The molecule has 1 aromatic rings. The van der Waals surface area contributed by atoms with E-state index in [1.807, 2.05) is 0 Å². The Morgan fingerprint density at radius 3 is 2.67 bits per heavy atom. The Morgan fingerprint density at radius 1 is 1.33 bits per heavy atom. The smallest absolute Gasteiger partial charge is 0.379 e. The fraction of sp³-hybridized carbons (Fsp3) is 0.455.